The minimum absolute atomic E-state index is 0.0275. The van der Waals surface area contributed by atoms with Gasteiger partial charge >= 0.3 is 6.09 Å². The minimum atomic E-state index is -0.635. The fourth-order valence-electron chi connectivity index (χ4n) is 6.19. The second kappa shape index (κ2) is 12.9. The maximum absolute atomic E-state index is 14.3. The highest BCUT2D eigenvalue weighted by atomic mass is 19.1. The van der Waals surface area contributed by atoms with Crippen molar-refractivity contribution in [2.45, 2.75) is 91.3 Å². The number of benzene rings is 1. The third kappa shape index (κ3) is 6.83. The first kappa shape index (κ1) is 33.2. The molecular formula is C35H46FN5O5. The van der Waals surface area contributed by atoms with Gasteiger partial charge in [-0.25, -0.2) is 9.18 Å². The number of carbonyl (C=O) groups excluding carboxylic acids is 2. The van der Waals surface area contributed by atoms with Gasteiger partial charge in [0.15, 0.2) is 11.6 Å². The van der Waals surface area contributed by atoms with E-state index < -0.39 is 28.9 Å². The molecular weight excluding hydrogens is 589 g/mol. The highest BCUT2D eigenvalue weighted by Crippen LogP contribution is 2.44. The zero-order valence-corrected chi connectivity index (χ0v) is 28.2. The zero-order chi connectivity index (χ0) is 33.5. The quantitative estimate of drug-likeness (QED) is 0.340. The van der Waals surface area contributed by atoms with Crippen LogP contribution in [0.4, 0.5) is 14.9 Å². The van der Waals surface area contributed by atoms with Crippen LogP contribution in [0.5, 0.6) is 5.75 Å². The third-order valence-corrected chi connectivity index (χ3v) is 8.69. The number of ether oxygens (including phenoxy) is 2. The van der Waals surface area contributed by atoms with Gasteiger partial charge in [-0.05, 0) is 91.5 Å². The van der Waals surface area contributed by atoms with Gasteiger partial charge in [0.1, 0.15) is 11.2 Å². The topological polar surface area (TPSA) is 106 Å². The molecule has 0 bridgehead atoms. The van der Waals surface area contributed by atoms with Crippen LogP contribution >= 0.6 is 0 Å². The number of carbonyl (C=O) groups is 2. The number of hydrogen-bond acceptors (Lipinski definition) is 7. The van der Waals surface area contributed by atoms with E-state index in [9.17, 15) is 18.8 Å². The molecule has 2 atom stereocenters. The first-order chi connectivity index (χ1) is 21.7. The molecule has 1 saturated carbocycles. The Hall–Kier alpha value is -4.15. The molecule has 5 rings (SSSR count). The molecule has 3 heterocycles. The van der Waals surface area contributed by atoms with Crippen LogP contribution in [-0.4, -0.2) is 64.3 Å². The summed E-state index contributed by atoms with van der Waals surface area (Å²) in [6.45, 7) is 14.6. The highest BCUT2D eigenvalue weighted by Gasteiger charge is 2.35. The lowest BCUT2D eigenvalue weighted by atomic mass is 10.0. The van der Waals surface area contributed by atoms with Gasteiger partial charge in [0, 0.05) is 49.7 Å². The molecule has 2 aromatic heterocycles. The molecule has 2 amide bonds. The number of anilines is 1. The summed E-state index contributed by atoms with van der Waals surface area (Å²) in [7, 11) is 1.70. The molecule has 1 saturated heterocycles. The van der Waals surface area contributed by atoms with E-state index in [4.69, 9.17) is 14.5 Å². The predicted molar refractivity (Wildman–Crippen MR) is 176 cm³/mol. The van der Waals surface area contributed by atoms with Crippen LogP contribution in [0.15, 0.2) is 29.1 Å². The maximum atomic E-state index is 14.3. The Kier molecular flexibility index (Phi) is 9.33. The Balaban J connectivity index is 1.60. The Morgan fingerprint density at radius 3 is 2.50 bits per heavy atom. The van der Waals surface area contributed by atoms with Crippen LogP contribution in [0, 0.1) is 12.7 Å². The first-order valence-corrected chi connectivity index (χ1v) is 16.2. The van der Waals surface area contributed by atoms with Crippen molar-refractivity contribution < 1.29 is 23.5 Å². The summed E-state index contributed by atoms with van der Waals surface area (Å²) in [5.41, 5.74) is 2.58. The maximum Gasteiger partial charge on any atom is 0.410 e. The van der Waals surface area contributed by atoms with Crippen molar-refractivity contribution in [2.75, 3.05) is 31.1 Å². The molecule has 3 aromatic rings. The second-order valence-corrected chi connectivity index (χ2v) is 13.5. The second-order valence-electron chi connectivity index (χ2n) is 13.5. The van der Waals surface area contributed by atoms with E-state index >= 15 is 0 Å². The largest absolute Gasteiger partial charge is 0.491 e. The monoisotopic (exact) mass is 635 g/mol. The molecule has 0 spiro atoms. The summed E-state index contributed by atoms with van der Waals surface area (Å²) >= 11 is 0. The number of fused-ring (bicyclic) bond motifs is 1. The summed E-state index contributed by atoms with van der Waals surface area (Å²) in [6.07, 6.45) is 2.23. The number of aromatic nitrogens is 2. The van der Waals surface area contributed by atoms with Crippen LogP contribution in [0.25, 0.3) is 10.9 Å². The third-order valence-electron chi connectivity index (χ3n) is 8.69. The fourth-order valence-corrected chi connectivity index (χ4v) is 6.19. The molecule has 2 aliphatic rings. The molecule has 2 fully saturated rings. The lowest BCUT2D eigenvalue weighted by Crippen LogP contribution is -2.43. The van der Waals surface area contributed by atoms with Crippen LogP contribution < -0.4 is 20.5 Å². The van der Waals surface area contributed by atoms with Crippen molar-refractivity contribution in [1.82, 2.24) is 19.8 Å². The zero-order valence-electron chi connectivity index (χ0n) is 28.2. The van der Waals surface area contributed by atoms with Crippen molar-refractivity contribution in [2.24, 2.45) is 7.05 Å². The van der Waals surface area contributed by atoms with E-state index in [0.29, 0.717) is 43.9 Å². The van der Waals surface area contributed by atoms with Crippen molar-refractivity contribution >= 4 is 28.6 Å². The van der Waals surface area contributed by atoms with Crippen LogP contribution in [0.3, 0.4) is 0 Å². The Labute approximate surface area is 269 Å². The van der Waals surface area contributed by atoms with Crippen molar-refractivity contribution in [3.63, 3.8) is 0 Å². The van der Waals surface area contributed by atoms with Gasteiger partial charge < -0.3 is 29.2 Å². The summed E-state index contributed by atoms with van der Waals surface area (Å²) < 4.78 is 27.0. The number of nitrogens with zero attached hydrogens (tertiary/aromatic N) is 4. The fraction of sp³-hybridized carbons (Fsp3) is 0.543. The number of amides is 2. The SMILES string of the molecule is CCOc1cc([C@H](C)NC(=O)c2c(N3CC[C@H](C)N(C(=O)OC(C)(C)C)CC3)c3cc(C)nc(C4CC4)c3n(C)c2=O)ccc1F. The standard InChI is InChI=1S/C35H46FN5O5/c1-9-45-27-19-24(12-13-26(27)36)22(4)38-32(42)28-30(40-15-14-21(3)41(17-16-40)34(44)46-35(5,6)7)25-18-20(2)37-29(23-10-11-23)31(25)39(8)33(28)43/h12-13,18-19,21-23H,9-11,14-17H2,1-8H3,(H,38,42)/t21-,22-/m0/s1. The van der Waals surface area contributed by atoms with E-state index in [-0.39, 0.29) is 29.4 Å². The van der Waals surface area contributed by atoms with Gasteiger partial charge in [-0.3, -0.25) is 14.6 Å². The summed E-state index contributed by atoms with van der Waals surface area (Å²) in [4.78, 5) is 50.3. The number of hydrogen-bond donors (Lipinski definition) is 1. The number of rotatable bonds is 7. The van der Waals surface area contributed by atoms with E-state index in [0.717, 1.165) is 35.1 Å². The molecule has 46 heavy (non-hydrogen) atoms. The van der Waals surface area contributed by atoms with E-state index in [1.807, 2.05) is 40.7 Å². The smallest absolute Gasteiger partial charge is 0.410 e. The number of halogens is 1. The van der Waals surface area contributed by atoms with Crippen LogP contribution in [-0.2, 0) is 11.8 Å². The Morgan fingerprint density at radius 2 is 1.85 bits per heavy atom. The Morgan fingerprint density at radius 1 is 1.13 bits per heavy atom. The molecule has 1 aliphatic carbocycles. The number of aryl methyl sites for hydroxylation is 2. The van der Waals surface area contributed by atoms with Crippen molar-refractivity contribution in [3.05, 3.63) is 63.0 Å². The van der Waals surface area contributed by atoms with Crippen LogP contribution in [0.1, 0.15) is 100 Å². The van der Waals surface area contributed by atoms with E-state index in [1.165, 1.54) is 6.07 Å². The lowest BCUT2D eigenvalue weighted by molar-refractivity contribution is 0.0190. The Bertz CT molecular complexity index is 1710. The van der Waals surface area contributed by atoms with E-state index in [2.05, 4.69) is 10.2 Å². The molecule has 0 unspecified atom stereocenters. The predicted octanol–water partition coefficient (Wildman–Crippen LogP) is 5.98. The molecule has 10 nitrogen and oxygen atoms in total. The molecule has 1 aromatic carbocycles. The minimum Gasteiger partial charge on any atom is -0.491 e. The number of pyridine rings is 2. The lowest BCUT2D eigenvalue weighted by Gasteiger charge is -2.30. The number of nitrogens with one attached hydrogen (secondary N) is 1. The van der Waals surface area contributed by atoms with Crippen molar-refractivity contribution in [3.8, 4) is 5.75 Å². The normalized spacial score (nSPS) is 17.9. The van der Waals surface area contributed by atoms with Gasteiger partial charge in [-0.1, -0.05) is 6.07 Å². The molecule has 1 aliphatic heterocycles. The van der Waals surface area contributed by atoms with Gasteiger partial charge in [0.05, 0.1) is 29.5 Å². The average molecular weight is 636 g/mol. The van der Waals surface area contributed by atoms with Crippen molar-refractivity contribution in [1.29, 1.82) is 0 Å². The first-order valence-electron chi connectivity index (χ1n) is 16.2. The molecule has 1 N–H and O–H groups in total. The summed E-state index contributed by atoms with van der Waals surface area (Å²) in [6, 6.07) is 5.77. The van der Waals surface area contributed by atoms with Gasteiger partial charge in [0.2, 0.25) is 0 Å². The molecule has 248 valence electrons. The average Bonchev–Trinajstić information content (AvgIpc) is 3.83. The van der Waals surface area contributed by atoms with Crippen LogP contribution in [0.2, 0.25) is 0 Å². The molecule has 0 radical (unpaired) electrons. The summed E-state index contributed by atoms with van der Waals surface area (Å²) in [5.74, 6) is -0.644. The molecule has 11 heteroatoms. The van der Waals surface area contributed by atoms with E-state index in [1.54, 1.807) is 42.5 Å². The summed E-state index contributed by atoms with van der Waals surface area (Å²) in [5, 5.41) is 3.78. The van der Waals surface area contributed by atoms with Gasteiger partial charge in [-0.15, -0.1) is 0 Å². The van der Waals surface area contributed by atoms with Gasteiger partial charge in [-0.2, -0.15) is 0 Å². The highest BCUT2D eigenvalue weighted by molar-refractivity contribution is 6.08. The van der Waals surface area contributed by atoms with Gasteiger partial charge in [0.25, 0.3) is 11.5 Å².